The van der Waals surface area contributed by atoms with Crippen LogP contribution in [0.15, 0.2) is 48.5 Å². The van der Waals surface area contributed by atoms with Gasteiger partial charge in [0.25, 0.3) is 0 Å². The molecule has 1 unspecified atom stereocenters. The van der Waals surface area contributed by atoms with Crippen molar-refractivity contribution < 1.29 is 32.7 Å². The fraction of sp³-hybridized carbons (Fsp3) is 0.400. The minimum Gasteiger partial charge on any atom is -0.459 e. The molecule has 200 valence electrons. The van der Waals surface area contributed by atoms with Crippen molar-refractivity contribution in [1.82, 2.24) is 14.9 Å². The standard InChI is InChI=1S/C25H31ClN3O7P/c1-25(2,3)36-24(31)28-20(23(30)35-15-17-9-7-6-8-10-17)14-22-27-19-12-11-18(26)13-21(19)29(22)16-37(32,33-4)34-5/h6-13,20H,14-16H2,1-5H3,(H,28,31). The SMILES string of the molecule is COP(=O)(Cn1c(CC(NC(=O)OC(C)(C)C)C(=O)OCc2ccccc2)nc2ccc(Cl)cc21)OC. The van der Waals surface area contributed by atoms with Crippen LogP contribution in [0.3, 0.4) is 0 Å². The lowest BCUT2D eigenvalue weighted by Gasteiger charge is -2.23. The summed E-state index contributed by atoms with van der Waals surface area (Å²) in [5, 5.41) is 3.03. The van der Waals surface area contributed by atoms with Crippen LogP contribution in [-0.2, 0) is 47.2 Å². The number of ether oxygens (including phenoxy) is 2. The zero-order valence-corrected chi connectivity index (χ0v) is 23.0. The molecular formula is C25H31ClN3O7P. The minimum absolute atomic E-state index is 0.0146. The first-order valence-corrected chi connectivity index (χ1v) is 13.6. The van der Waals surface area contributed by atoms with Crippen LogP contribution in [0.2, 0.25) is 5.02 Å². The number of fused-ring (bicyclic) bond motifs is 1. The van der Waals surface area contributed by atoms with Gasteiger partial charge >= 0.3 is 19.7 Å². The zero-order valence-electron chi connectivity index (χ0n) is 21.4. The Labute approximate surface area is 220 Å². The smallest absolute Gasteiger partial charge is 0.408 e. The van der Waals surface area contributed by atoms with Crippen LogP contribution in [0, 0.1) is 0 Å². The summed E-state index contributed by atoms with van der Waals surface area (Å²) in [6, 6.07) is 13.0. The molecule has 12 heteroatoms. The molecule has 1 amide bonds. The van der Waals surface area contributed by atoms with Crippen molar-refractivity contribution in [2.45, 2.75) is 51.7 Å². The highest BCUT2D eigenvalue weighted by atomic mass is 35.5. The van der Waals surface area contributed by atoms with Crippen molar-refractivity contribution in [1.29, 1.82) is 0 Å². The van der Waals surface area contributed by atoms with Crippen molar-refractivity contribution in [3.63, 3.8) is 0 Å². The first kappa shape index (κ1) is 28.7. The second-order valence-electron chi connectivity index (χ2n) is 9.20. The largest absolute Gasteiger partial charge is 0.459 e. The van der Waals surface area contributed by atoms with Crippen molar-refractivity contribution in [3.05, 3.63) is 64.9 Å². The van der Waals surface area contributed by atoms with E-state index in [0.717, 1.165) is 5.56 Å². The molecule has 3 aromatic rings. The van der Waals surface area contributed by atoms with Crippen LogP contribution in [0.4, 0.5) is 4.79 Å². The maximum absolute atomic E-state index is 13.1. The highest BCUT2D eigenvalue weighted by Crippen LogP contribution is 2.49. The zero-order chi connectivity index (χ0) is 27.2. The molecule has 0 spiro atoms. The molecule has 0 saturated heterocycles. The molecule has 0 saturated carbocycles. The second kappa shape index (κ2) is 12.1. The number of carbonyl (C=O) groups is 2. The van der Waals surface area contributed by atoms with E-state index in [9.17, 15) is 14.2 Å². The average Bonchev–Trinajstić information content (AvgIpc) is 3.17. The summed E-state index contributed by atoms with van der Waals surface area (Å²) in [6.07, 6.45) is -1.07. The van der Waals surface area contributed by atoms with E-state index in [1.54, 1.807) is 43.5 Å². The predicted octanol–water partition coefficient (Wildman–Crippen LogP) is 5.31. The fourth-order valence-electron chi connectivity index (χ4n) is 3.48. The Morgan fingerprint density at radius 3 is 2.41 bits per heavy atom. The third kappa shape index (κ3) is 8.04. The number of rotatable bonds is 10. The third-order valence-electron chi connectivity index (χ3n) is 5.25. The molecule has 0 aliphatic carbocycles. The number of aromatic nitrogens is 2. The van der Waals surface area contributed by atoms with Gasteiger partial charge in [-0.25, -0.2) is 14.6 Å². The van der Waals surface area contributed by atoms with Crippen LogP contribution < -0.4 is 5.32 Å². The molecule has 0 radical (unpaired) electrons. The Morgan fingerprint density at radius 1 is 1.11 bits per heavy atom. The lowest BCUT2D eigenvalue weighted by molar-refractivity contribution is -0.147. The Hall–Kier alpha value is -2.91. The molecule has 0 bridgehead atoms. The fourth-order valence-corrected chi connectivity index (χ4v) is 4.69. The second-order valence-corrected chi connectivity index (χ2v) is 11.9. The molecule has 0 aliphatic rings. The van der Waals surface area contributed by atoms with Gasteiger partial charge in [0.05, 0.1) is 11.0 Å². The molecule has 1 heterocycles. The number of carbonyl (C=O) groups excluding carboxylic acids is 2. The van der Waals surface area contributed by atoms with E-state index in [1.165, 1.54) is 14.2 Å². The van der Waals surface area contributed by atoms with Crippen LogP contribution in [0.5, 0.6) is 0 Å². The maximum atomic E-state index is 13.1. The van der Waals surface area contributed by atoms with E-state index in [1.807, 2.05) is 30.3 Å². The molecule has 1 N–H and O–H groups in total. The molecule has 0 fully saturated rings. The van der Waals surface area contributed by atoms with E-state index >= 15 is 0 Å². The summed E-state index contributed by atoms with van der Waals surface area (Å²) >= 11 is 6.20. The van der Waals surface area contributed by atoms with E-state index in [0.29, 0.717) is 21.9 Å². The Balaban J connectivity index is 1.95. The van der Waals surface area contributed by atoms with Crippen LogP contribution in [0.1, 0.15) is 32.2 Å². The number of alkyl carbamates (subject to hydrolysis) is 1. The summed E-state index contributed by atoms with van der Waals surface area (Å²) in [4.78, 5) is 30.3. The highest BCUT2D eigenvalue weighted by Gasteiger charge is 2.31. The van der Waals surface area contributed by atoms with Gasteiger partial charge in [-0.15, -0.1) is 0 Å². The summed E-state index contributed by atoms with van der Waals surface area (Å²) in [5.74, 6) is -0.350. The normalized spacial score (nSPS) is 12.8. The molecular weight excluding hydrogens is 521 g/mol. The number of nitrogens with zero attached hydrogens (tertiary/aromatic N) is 2. The molecule has 3 rings (SSSR count). The van der Waals surface area contributed by atoms with Gasteiger partial charge < -0.3 is 28.4 Å². The van der Waals surface area contributed by atoms with Gasteiger partial charge in [0, 0.05) is 25.7 Å². The van der Waals surface area contributed by atoms with E-state index < -0.39 is 31.3 Å². The Kier molecular flexibility index (Phi) is 9.36. The summed E-state index contributed by atoms with van der Waals surface area (Å²) in [6.45, 7) is 5.16. The van der Waals surface area contributed by atoms with E-state index in [2.05, 4.69) is 10.3 Å². The third-order valence-corrected chi connectivity index (χ3v) is 7.22. The first-order chi connectivity index (χ1) is 17.4. The van der Waals surface area contributed by atoms with Crippen molar-refractivity contribution >= 4 is 42.3 Å². The number of halogens is 1. The molecule has 10 nitrogen and oxygen atoms in total. The van der Waals surface area contributed by atoms with Crippen LogP contribution >= 0.6 is 19.2 Å². The van der Waals surface area contributed by atoms with Gasteiger partial charge in [-0.05, 0) is 44.5 Å². The number of esters is 1. The monoisotopic (exact) mass is 551 g/mol. The summed E-state index contributed by atoms with van der Waals surface area (Å²) in [7, 11) is -0.977. The summed E-state index contributed by atoms with van der Waals surface area (Å²) in [5.41, 5.74) is 1.11. The van der Waals surface area contributed by atoms with Gasteiger partial charge in [-0.3, -0.25) is 4.57 Å². The van der Waals surface area contributed by atoms with Gasteiger partial charge in [-0.2, -0.15) is 0 Å². The van der Waals surface area contributed by atoms with Crippen molar-refractivity contribution in [2.24, 2.45) is 0 Å². The number of amides is 1. The van der Waals surface area contributed by atoms with Crippen molar-refractivity contribution in [2.75, 3.05) is 14.2 Å². The minimum atomic E-state index is -3.54. The average molecular weight is 552 g/mol. The predicted molar refractivity (Wildman–Crippen MR) is 139 cm³/mol. The van der Waals surface area contributed by atoms with E-state index in [4.69, 9.17) is 30.1 Å². The topological polar surface area (TPSA) is 118 Å². The first-order valence-electron chi connectivity index (χ1n) is 11.5. The quantitative estimate of drug-likeness (QED) is 0.266. The highest BCUT2D eigenvalue weighted by molar-refractivity contribution is 7.52. The summed E-state index contributed by atoms with van der Waals surface area (Å²) < 4.78 is 35.7. The molecule has 1 atom stereocenters. The van der Waals surface area contributed by atoms with Gasteiger partial charge in [0.1, 0.15) is 30.4 Å². The Morgan fingerprint density at radius 2 is 1.78 bits per heavy atom. The molecule has 0 aliphatic heterocycles. The number of hydrogen-bond acceptors (Lipinski definition) is 8. The van der Waals surface area contributed by atoms with Gasteiger partial charge in [-0.1, -0.05) is 41.9 Å². The Bertz CT molecular complexity index is 1280. The molecule has 2 aromatic carbocycles. The lowest BCUT2D eigenvalue weighted by Crippen LogP contribution is -2.45. The van der Waals surface area contributed by atoms with Crippen LogP contribution in [-0.4, -0.2) is 47.5 Å². The van der Waals surface area contributed by atoms with Gasteiger partial charge in [0.2, 0.25) is 0 Å². The molecule has 1 aromatic heterocycles. The lowest BCUT2D eigenvalue weighted by atomic mass is 10.2. The van der Waals surface area contributed by atoms with Crippen molar-refractivity contribution in [3.8, 4) is 0 Å². The van der Waals surface area contributed by atoms with E-state index in [-0.39, 0.29) is 19.3 Å². The number of imidazole rings is 1. The maximum Gasteiger partial charge on any atom is 0.408 e. The number of benzene rings is 2. The molecule has 37 heavy (non-hydrogen) atoms. The van der Waals surface area contributed by atoms with Gasteiger partial charge in [0.15, 0.2) is 0 Å². The van der Waals surface area contributed by atoms with Crippen LogP contribution in [0.25, 0.3) is 11.0 Å². The number of nitrogens with one attached hydrogen (secondary N) is 1. The number of hydrogen-bond donors (Lipinski definition) is 1.